The van der Waals surface area contributed by atoms with Gasteiger partial charge in [-0.2, -0.15) is 15.0 Å². The molecule has 0 spiro atoms. The van der Waals surface area contributed by atoms with Crippen LogP contribution in [-0.2, 0) is 22.6 Å². The minimum absolute atomic E-state index is 0.0186. The molecule has 0 fully saturated rings. The number of rotatable bonds is 7. The summed E-state index contributed by atoms with van der Waals surface area (Å²) in [5.41, 5.74) is 8.29. The average Bonchev–Trinajstić information content (AvgIpc) is 3.15. The third kappa shape index (κ3) is 4.30. The molecule has 0 aliphatic rings. The summed E-state index contributed by atoms with van der Waals surface area (Å²) in [5.74, 6) is 0.730. The molecular formula is C21H20N6O3. The Morgan fingerprint density at radius 1 is 1.10 bits per heavy atom. The molecule has 30 heavy (non-hydrogen) atoms. The monoisotopic (exact) mass is 404 g/mol. The molecule has 0 aliphatic carbocycles. The van der Waals surface area contributed by atoms with E-state index < -0.39 is 5.97 Å². The number of nitrogens with two attached hydrogens (primary N) is 1. The van der Waals surface area contributed by atoms with E-state index in [4.69, 9.17) is 15.2 Å². The van der Waals surface area contributed by atoms with Gasteiger partial charge in [-0.3, -0.25) is 4.79 Å². The number of methoxy groups -OCH3 is 1. The Morgan fingerprint density at radius 2 is 1.90 bits per heavy atom. The summed E-state index contributed by atoms with van der Waals surface area (Å²) in [6, 6.07) is 15.1. The van der Waals surface area contributed by atoms with Gasteiger partial charge in [-0.15, -0.1) is 0 Å². The van der Waals surface area contributed by atoms with Crippen LogP contribution in [-0.4, -0.2) is 33.0 Å². The molecule has 0 saturated carbocycles. The molecule has 0 bridgehead atoms. The van der Waals surface area contributed by atoms with Crippen LogP contribution in [0.4, 0.5) is 17.6 Å². The molecule has 152 valence electrons. The number of aromatic nitrogens is 4. The second kappa shape index (κ2) is 8.48. The van der Waals surface area contributed by atoms with Crippen LogP contribution in [0.25, 0.3) is 10.9 Å². The third-order valence-electron chi connectivity index (χ3n) is 4.42. The van der Waals surface area contributed by atoms with Crippen LogP contribution in [0.5, 0.6) is 5.75 Å². The molecule has 9 heteroatoms. The van der Waals surface area contributed by atoms with Gasteiger partial charge in [0.25, 0.3) is 0 Å². The zero-order chi connectivity index (χ0) is 20.9. The van der Waals surface area contributed by atoms with Crippen molar-refractivity contribution < 1.29 is 14.3 Å². The summed E-state index contributed by atoms with van der Waals surface area (Å²) in [4.78, 5) is 27.8. The normalized spacial score (nSPS) is 10.7. The third-order valence-corrected chi connectivity index (χ3v) is 4.42. The second-order valence-electron chi connectivity index (χ2n) is 6.46. The maximum Gasteiger partial charge on any atom is 0.310 e. The number of aromatic amines is 1. The highest BCUT2D eigenvalue weighted by Gasteiger charge is 2.12. The summed E-state index contributed by atoms with van der Waals surface area (Å²) in [5, 5.41) is 4.03. The number of hydrogen-bond donors (Lipinski definition) is 3. The number of carbonyl (C=O) groups is 1. The van der Waals surface area contributed by atoms with Crippen molar-refractivity contribution >= 4 is 34.5 Å². The van der Waals surface area contributed by atoms with E-state index in [-0.39, 0.29) is 30.7 Å². The van der Waals surface area contributed by atoms with Crippen molar-refractivity contribution in [3.05, 3.63) is 66.1 Å². The van der Waals surface area contributed by atoms with Crippen molar-refractivity contribution in [3.8, 4) is 5.75 Å². The number of ether oxygens (including phenoxy) is 2. The van der Waals surface area contributed by atoms with Gasteiger partial charge in [0.2, 0.25) is 11.9 Å². The second-order valence-corrected chi connectivity index (χ2v) is 6.46. The van der Waals surface area contributed by atoms with Gasteiger partial charge < -0.3 is 25.5 Å². The fourth-order valence-corrected chi connectivity index (χ4v) is 3.06. The van der Waals surface area contributed by atoms with Gasteiger partial charge in [-0.25, -0.2) is 0 Å². The van der Waals surface area contributed by atoms with Gasteiger partial charge in [0.15, 0.2) is 12.4 Å². The zero-order valence-corrected chi connectivity index (χ0v) is 16.3. The molecule has 0 aliphatic heterocycles. The molecule has 9 nitrogen and oxygen atoms in total. The molecule has 0 amide bonds. The van der Waals surface area contributed by atoms with E-state index in [9.17, 15) is 4.79 Å². The van der Waals surface area contributed by atoms with Crippen LogP contribution in [0.1, 0.15) is 11.4 Å². The average molecular weight is 404 g/mol. The van der Waals surface area contributed by atoms with Crippen molar-refractivity contribution in [2.45, 2.75) is 13.0 Å². The highest BCUT2D eigenvalue weighted by atomic mass is 16.5. The summed E-state index contributed by atoms with van der Waals surface area (Å²) in [6.45, 7) is -0.117. The minimum Gasteiger partial charge on any atom is -0.495 e. The first-order valence-corrected chi connectivity index (χ1v) is 9.23. The lowest BCUT2D eigenvalue weighted by molar-refractivity contribution is -0.144. The first-order chi connectivity index (χ1) is 14.6. The van der Waals surface area contributed by atoms with Gasteiger partial charge in [-0.1, -0.05) is 30.3 Å². The fraction of sp³-hybridized carbons (Fsp3) is 0.143. The number of fused-ring (bicyclic) bond motifs is 1. The summed E-state index contributed by atoms with van der Waals surface area (Å²) in [6.07, 6.45) is 1.94. The Labute approximate surface area is 172 Å². The standard InChI is InChI=1S/C21H20N6O3/c1-29-17-9-5-4-8-16(17)24-21-26-18(25-20(22)27-21)12-30-19(28)10-13-11-23-15-7-3-2-6-14(13)15/h2-9,11,23H,10,12H2,1H3,(H3,22,24,25,26,27). The first kappa shape index (κ1) is 19.2. The molecule has 2 aromatic carbocycles. The summed E-state index contributed by atoms with van der Waals surface area (Å²) in [7, 11) is 1.57. The maximum atomic E-state index is 12.3. The summed E-state index contributed by atoms with van der Waals surface area (Å²) < 4.78 is 10.6. The van der Waals surface area contributed by atoms with E-state index in [0.29, 0.717) is 11.4 Å². The van der Waals surface area contributed by atoms with E-state index >= 15 is 0 Å². The predicted octanol–water partition coefficient (Wildman–Crippen LogP) is 2.97. The lowest BCUT2D eigenvalue weighted by Crippen LogP contribution is -2.12. The zero-order valence-electron chi connectivity index (χ0n) is 16.3. The Hall–Kier alpha value is -4.14. The van der Waals surface area contributed by atoms with Crippen LogP contribution in [0.3, 0.4) is 0 Å². The number of anilines is 3. The van der Waals surface area contributed by atoms with Crippen LogP contribution in [0.2, 0.25) is 0 Å². The van der Waals surface area contributed by atoms with E-state index in [0.717, 1.165) is 16.5 Å². The molecule has 2 aromatic heterocycles. The quantitative estimate of drug-likeness (QED) is 0.401. The molecule has 0 radical (unpaired) electrons. The first-order valence-electron chi connectivity index (χ1n) is 9.23. The number of para-hydroxylation sites is 3. The Morgan fingerprint density at radius 3 is 2.77 bits per heavy atom. The maximum absolute atomic E-state index is 12.3. The van der Waals surface area contributed by atoms with Gasteiger partial charge >= 0.3 is 5.97 Å². The van der Waals surface area contributed by atoms with E-state index in [1.54, 1.807) is 13.2 Å². The Bertz CT molecular complexity index is 1190. The molecular weight excluding hydrogens is 384 g/mol. The molecule has 4 N–H and O–H groups in total. The van der Waals surface area contributed by atoms with E-state index in [2.05, 4.69) is 25.3 Å². The van der Waals surface area contributed by atoms with Crippen molar-refractivity contribution in [1.82, 2.24) is 19.9 Å². The van der Waals surface area contributed by atoms with E-state index in [1.807, 2.05) is 48.7 Å². The molecule has 4 aromatic rings. The van der Waals surface area contributed by atoms with Gasteiger partial charge in [-0.05, 0) is 23.8 Å². The number of nitrogens with one attached hydrogen (secondary N) is 2. The molecule has 0 atom stereocenters. The predicted molar refractivity (Wildman–Crippen MR) is 112 cm³/mol. The Balaban J connectivity index is 1.42. The number of H-pyrrole nitrogens is 1. The number of benzene rings is 2. The number of carbonyl (C=O) groups excluding carboxylic acids is 1. The highest BCUT2D eigenvalue weighted by molar-refractivity contribution is 5.87. The summed E-state index contributed by atoms with van der Waals surface area (Å²) >= 11 is 0. The van der Waals surface area contributed by atoms with Gasteiger partial charge in [0.1, 0.15) is 5.75 Å². The number of esters is 1. The van der Waals surface area contributed by atoms with Gasteiger partial charge in [0.05, 0.1) is 19.2 Å². The van der Waals surface area contributed by atoms with E-state index in [1.165, 1.54) is 0 Å². The van der Waals surface area contributed by atoms with Crippen molar-refractivity contribution in [3.63, 3.8) is 0 Å². The van der Waals surface area contributed by atoms with Crippen LogP contribution in [0.15, 0.2) is 54.7 Å². The number of hydrogen-bond acceptors (Lipinski definition) is 8. The fourth-order valence-electron chi connectivity index (χ4n) is 3.06. The molecule has 2 heterocycles. The Kier molecular flexibility index (Phi) is 5.42. The highest BCUT2D eigenvalue weighted by Crippen LogP contribution is 2.25. The molecule has 4 rings (SSSR count). The van der Waals surface area contributed by atoms with Crippen molar-refractivity contribution in [1.29, 1.82) is 0 Å². The van der Waals surface area contributed by atoms with Crippen molar-refractivity contribution in [2.75, 3.05) is 18.2 Å². The van der Waals surface area contributed by atoms with Crippen LogP contribution >= 0.6 is 0 Å². The lowest BCUT2D eigenvalue weighted by atomic mass is 10.1. The number of nitrogen functional groups attached to an aromatic ring is 1. The molecule has 0 unspecified atom stereocenters. The van der Waals surface area contributed by atoms with Crippen molar-refractivity contribution in [2.24, 2.45) is 0 Å². The smallest absolute Gasteiger partial charge is 0.310 e. The number of nitrogens with zero attached hydrogens (tertiary/aromatic N) is 3. The minimum atomic E-state index is -0.391. The SMILES string of the molecule is COc1ccccc1Nc1nc(N)nc(COC(=O)Cc2c[nH]c3ccccc23)n1. The van der Waals surface area contributed by atoms with Crippen LogP contribution in [0, 0.1) is 0 Å². The molecule has 0 saturated heterocycles. The topological polar surface area (TPSA) is 128 Å². The largest absolute Gasteiger partial charge is 0.495 e. The van der Waals surface area contributed by atoms with Gasteiger partial charge in [0, 0.05) is 17.1 Å². The van der Waals surface area contributed by atoms with Crippen LogP contribution < -0.4 is 15.8 Å². The lowest BCUT2D eigenvalue weighted by Gasteiger charge is -2.10.